The van der Waals surface area contributed by atoms with Crippen LogP contribution < -0.4 is 5.32 Å². The van der Waals surface area contributed by atoms with Crippen molar-refractivity contribution in [3.63, 3.8) is 0 Å². The first-order valence-electron chi connectivity index (χ1n) is 7.20. The van der Waals surface area contributed by atoms with Gasteiger partial charge in [-0.3, -0.25) is 0 Å². The van der Waals surface area contributed by atoms with Crippen molar-refractivity contribution in [2.24, 2.45) is 0 Å². The van der Waals surface area contributed by atoms with Crippen LogP contribution in [0, 0.1) is 6.92 Å². The first-order chi connectivity index (χ1) is 10.2. The Morgan fingerprint density at radius 3 is 2.86 bits per heavy atom. The van der Waals surface area contributed by atoms with Crippen LogP contribution in [0.1, 0.15) is 24.6 Å². The number of nitrogens with one attached hydrogen (secondary N) is 1. The summed E-state index contributed by atoms with van der Waals surface area (Å²) < 4.78 is 1.74. The van der Waals surface area contributed by atoms with Crippen LogP contribution in [0.5, 0.6) is 0 Å². The lowest BCUT2D eigenvalue weighted by atomic mass is 10.1. The highest BCUT2D eigenvalue weighted by Crippen LogP contribution is 2.13. The quantitative estimate of drug-likeness (QED) is 0.781. The second-order valence-electron chi connectivity index (χ2n) is 5.32. The predicted octanol–water partition coefficient (Wildman–Crippen LogP) is 2.87. The monoisotopic (exact) mass is 281 g/mol. The fraction of sp³-hybridized carbons (Fsp3) is 0.312. The molecule has 0 radical (unpaired) electrons. The molecule has 108 valence electrons. The van der Waals surface area contributed by atoms with Crippen LogP contribution in [0.15, 0.2) is 42.7 Å². The molecule has 0 saturated carbocycles. The number of anilines is 1. The zero-order chi connectivity index (χ0) is 14.7. The number of rotatable bonds is 5. The highest BCUT2D eigenvalue weighted by Gasteiger charge is 2.08. The van der Waals surface area contributed by atoms with E-state index < -0.39 is 0 Å². The van der Waals surface area contributed by atoms with E-state index in [1.807, 2.05) is 19.1 Å². The van der Waals surface area contributed by atoms with Crippen molar-refractivity contribution in [3.8, 4) is 0 Å². The molecule has 2 heterocycles. The fourth-order valence-electron chi connectivity index (χ4n) is 2.39. The molecule has 1 atom stereocenters. The number of aromatic nitrogens is 4. The van der Waals surface area contributed by atoms with Crippen molar-refractivity contribution in [3.05, 3.63) is 54.0 Å². The van der Waals surface area contributed by atoms with Crippen LogP contribution in [-0.2, 0) is 6.42 Å². The lowest BCUT2D eigenvalue weighted by Gasteiger charge is -2.16. The van der Waals surface area contributed by atoms with E-state index in [-0.39, 0.29) is 0 Å². The van der Waals surface area contributed by atoms with Gasteiger partial charge in [-0.2, -0.15) is 14.6 Å². The number of nitrogens with zero attached hydrogens (tertiary/aromatic N) is 4. The van der Waals surface area contributed by atoms with E-state index in [2.05, 4.69) is 51.6 Å². The molecule has 5 nitrogen and oxygen atoms in total. The minimum atomic E-state index is 0.347. The first-order valence-corrected chi connectivity index (χ1v) is 7.20. The van der Waals surface area contributed by atoms with Crippen molar-refractivity contribution in [1.82, 2.24) is 19.6 Å². The van der Waals surface area contributed by atoms with E-state index in [1.54, 1.807) is 4.52 Å². The summed E-state index contributed by atoms with van der Waals surface area (Å²) in [4.78, 5) is 8.49. The molecule has 1 unspecified atom stereocenters. The van der Waals surface area contributed by atoms with Crippen molar-refractivity contribution in [1.29, 1.82) is 0 Å². The summed E-state index contributed by atoms with van der Waals surface area (Å²) in [6.45, 7) is 4.15. The highest BCUT2D eigenvalue weighted by atomic mass is 15.4. The van der Waals surface area contributed by atoms with E-state index in [0.717, 1.165) is 24.4 Å². The van der Waals surface area contributed by atoms with Crippen molar-refractivity contribution in [2.45, 2.75) is 32.7 Å². The molecule has 0 aliphatic heterocycles. The largest absolute Gasteiger partial charge is 0.367 e. The summed E-state index contributed by atoms with van der Waals surface area (Å²) in [5.41, 5.74) is 2.30. The molecule has 0 amide bonds. The maximum Gasteiger partial charge on any atom is 0.254 e. The minimum Gasteiger partial charge on any atom is -0.367 e. The maximum absolute atomic E-state index is 4.35. The highest BCUT2D eigenvalue weighted by molar-refractivity contribution is 5.45. The standard InChI is InChI=1S/C16H19N5/c1-12(8-9-14-6-4-3-5-7-14)19-15-10-13(2)20-16-17-11-18-21(15)16/h3-7,10-12,19H,8-9H2,1-2H3. The normalized spacial score (nSPS) is 12.5. The van der Waals surface area contributed by atoms with Gasteiger partial charge in [-0.25, -0.2) is 4.98 Å². The molecule has 3 aromatic rings. The lowest BCUT2D eigenvalue weighted by Crippen LogP contribution is -2.18. The molecule has 2 aromatic heterocycles. The maximum atomic E-state index is 4.35. The summed E-state index contributed by atoms with van der Waals surface area (Å²) in [6.07, 6.45) is 3.64. The Labute approximate surface area is 124 Å². The summed E-state index contributed by atoms with van der Waals surface area (Å²) >= 11 is 0. The third-order valence-electron chi connectivity index (χ3n) is 3.48. The summed E-state index contributed by atoms with van der Waals surface area (Å²) in [5.74, 6) is 1.57. The Morgan fingerprint density at radius 2 is 2.05 bits per heavy atom. The topological polar surface area (TPSA) is 55.1 Å². The molecule has 5 heteroatoms. The van der Waals surface area contributed by atoms with Gasteiger partial charge in [0.2, 0.25) is 0 Å². The number of hydrogen-bond donors (Lipinski definition) is 1. The van der Waals surface area contributed by atoms with Crippen LogP contribution in [0.4, 0.5) is 5.82 Å². The molecule has 0 fully saturated rings. The molecular formula is C16H19N5. The summed E-state index contributed by atoms with van der Waals surface area (Å²) in [6, 6.07) is 12.9. The molecule has 1 aromatic carbocycles. The van der Waals surface area contributed by atoms with Gasteiger partial charge in [-0.1, -0.05) is 30.3 Å². The van der Waals surface area contributed by atoms with Gasteiger partial charge in [0.1, 0.15) is 12.1 Å². The molecule has 0 aliphatic rings. The second kappa shape index (κ2) is 5.91. The number of benzene rings is 1. The van der Waals surface area contributed by atoms with Crippen molar-refractivity contribution < 1.29 is 0 Å². The van der Waals surface area contributed by atoms with Gasteiger partial charge in [0.05, 0.1) is 0 Å². The number of aryl methyl sites for hydroxylation is 2. The molecular weight excluding hydrogens is 262 g/mol. The van der Waals surface area contributed by atoms with Gasteiger partial charge in [0, 0.05) is 17.8 Å². The lowest BCUT2D eigenvalue weighted by molar-refractivity contribution is 0.697. The molecule has 0 saturated heterocycles. The fourth-order valence-corrected chi connectivity index (χ4v) is 2.39. The van der Waals surface area contributed by atoms with E-state index >= 15 is 0 Å². The average Bonchev–Trinajstić information content (AvgIpc) is 2.94. The zero-order valence-electron chi connectivity index (χ0n) is 12.3. The second-order valence-corrected chi connectivity index (χ2v) is 5.32. The summed E-state index contributed by atoms with van der Waals surface area (Å²) in [7, 11) is 0. The summed E-state index contributed by atoms with van der Waals surface area (Å²) in [5, 5.41) is 7.71. The van der Waals surface area contributed by atoms with Crippen LogP contribution in [0.3, 0.4) is 0 Å². The number of fused-ring (bicyclic) bond motifs is 1. The van der Waals surface area contributed by atoms with E-state index in [0.29, 0.717) is 11.8 Å². The van der Waals surface area contributed by atoms with Gasteiger partial charge < -0.3 is 5.32 Å². The van der Waals surface area contributed by atoms with Gasteiger partial charge in [-0.15, -0.1) is 0 Å². The first kappa shape index (κ1) is 13.5. The molecule has 3 rings (SSSR count). The Hall–Kier alpha value is -2.43. The van der Waals surface area contributed by atoms with E-state index in [1.165, 1.54) is 11.9 Å². The van der Waals surface area contributed by atoms with Gasteiger partial charge >= 0.3 is 0 Å². The molecule has 21 heavy (non-hydrogen) atoms. The molecule has 0 aliphatic carbocycles. The SMILES string of the molecule is Cc1cc(NC(C)CCc2ccccc2)n2ncnc2n1. The Bertz CT molecular complexity index is 720. The molecule has 0 spiro atoms. The van der Waals surface area contributed by atoms with E-state index in [4.69, 9.17) is 0 Å². The van der Waals surface area contributed by atoms with Crippen molar-refractivity contribution in [2.75, 3.05) is 5.32 Å². The van der Waals surface area contributed by atoms with Crippen LogP contribution >= 0.6 is 0 Å². The average molecular weight is 281 g/mol. The van der Waals surface area contributed by atoms with Crippen LogP contribution in [0.2, 0.25) is 0 Å². The third-order valence-corrected chi connectivity index (χ3v) is 3.48. The number of hydrogen-bond acceptors (Lipinski definition) is 4. The van der Waals surface area contributed by atoms with Gasteiger partial charge in [0.15, 0.2) is 0 Å². The van der Waals surface area contributed by atoms with Crippen LogP contribution in [-0.4, -0.2) is 25.6 Å². The van der Waals surface area contributed by atoms with Crippen molar-refractivity contribution >= 4 is 11.6 Å². The van der Waals surface area contributed by atoms with Crippen LogP contribution in [0.25, 0.3) is 5.78 Å². The van der Waals surface area contributed by atoms with E-state index in [9.17, 15) is 0 Å². The molecule has 0 bridgehead atoms. The third kappa shape index (κ3) is 3.18. The Morgan fingerprint density at radius 1 is 1.24 bits per heavy atom. The Balaban J connectivity index is 1.68. The van der Waals surface area contributed by atoms with Gasteiger partial charge in [-0.05, 0) is 32.3 Å². The smallest absolute Gasteiger partial charge is 0.254 e. The predicted molar refractivity (Wildman–Crippen MR) is 83.4 cm³/mol. The van der Waals surface area contributed by atoms with Gasteiger partial charge in [0.25, 0.3) is 5.78 Å². The molecule has 1 N–H and O–H groups in total. The zero-order valence-corrected chi connectivity index (χ0v) is 12.3. The minimum absolute atomic E-state index is 0.347. The Kier molecular flexibility index (Phi) is 3.81.